The Bertz CT molecular complexity index is 520. The second-order valence-electron chi connectivity index (χ2n) is 4.02. The van der Waals surface area contributed by atoms with Gasteiger partial charge in [-0.2, -0.15) is 0 Å². The Morgan fingerprint density at radius 2 is 1.72 bits per heavy atom. The molecule has 0 atom stereocenters. The molecule has 5 heteroatoms. The van der Waals surface area contributed by atoms with Gasteiger partial charge in [-0.25, -0.2) is 9.97 Å². The fourth-order valence-electron chi connectivity index (χ4n) is 1.16. The minimum atomic E-state index is 0.620. The van der Waals surface area contributed by atoms with Crippen molar-refractivity contribution in [2.45, 2.75) is 27.7 Å². The van der Waals surface area contributed by atoms with Crippen molar-refractivity contribution in [1.29, 1.82) is 0 Å². The smallest absolute Gasteiger partial charge is 0.125 e. The minimum absolute atomic E-state index is 0.620. The number of rotatable bonds is 0. The quantitative estimate of drug-likeness (QED) is 0.794. The van der Waals surface area contributed by atoms with Gasteiger partial charge >= 0.3 is 0 Å². The van der Waals surface area contributed by atoms with E-state index >= 15 is 0 Å². The number of nitrogen functional groups attached to an aromatic ring is 1. The molecule has 0 aliphatic heterocycles. The van der Waals surface area contributed by atoms with Crippen LogP contribution in [0.2, 0.25) is 5.02 Å². The van der Waals surface area contributed by atoms with Gasteiger partial charge in [-0.1, -0.05) is 11.6 Å². The summed E-state index contributed by atoms with van der Waals surface area (Å²) in [5.41, 5.74) is 9.24. The molecule has 2 rings (SSSR count). The van der Waals surface area contributed by atoms with E-state index in [0.29, 0.717) is 10.7 Å². The maximum absolute atomic E-state index is 5.67. The third-order valence-corrected chi connectivity index (χ3v) is 2.92. The van der Waals surface area contributed by atoms with E-state index in [1.54, 1.807) is 12.4 Å². The van der Waals surface area contributed by atoms with Crippen molar-refractivity contribution in [2.75, 3.05) is 5.73 Å². The van der Waals surface area contributed by atoms with Gasteiger partial charge in [-0.05, 0) is 38.8 Å². The first-order valence-corrected chi connectivity index (χ1v) is 5.92. The van der Waals surface area contributed by atoms with E-state index in [2.05, 4.69) is 15.0 Å². The first-order valence-electron chi connectivity index (χ1n) is 5.54. The highest BCUT2D eigenvalue weighted by Crippen LogP contribution is 2.17. The average Bonchev–Trinajstić information content (AvgIpc) is 2.32. The van der Waals surface area contributed by atoms with Gasteiger partial charge in [-0.3, -0.25) is 4.98 Å². The average molecular weight is 265 g/mol. The van der Waals surface area contributed by atoms with Crippen LogP contribution < -0.4 is 5.73 Å². The number of pyridine rings is 1. The van der Waals surface area contributed by atoms with Crippen LogP contribution in [-0.2, 0) is 0 Å². The lowest BCUT2D eigenvalue weighted by Crippen LogP contribution is -1.92. The van der Waals surface area contributed by atoms with Crippen LogP contribution in [0, 0.1) is 27.7 Å². The highest BCUT2D eigenvalue weighted by atomic mass is 35.5. The van der Waals surface area contributed by atoms with Crippen LogP contribution in [0.1, 0.15) is 22.6 Å². The predicted molar refractivity (Wildman–Crippen MR) is 74.6 cm³/mol. The van der Waals surface area contributed by atoms with Gasteiger partial charge in [0.15, 0.2) is 0 Å². The first-order chi connectivity index (χ1) is 8.41. The number of anilines is 1. The van der Waals surface area contributed by atoms with Crippen molar-refractivity contribution in [3.05, 3.63) is 46.3 Å². The zero-order chi connectivity index (χ0) is 13.7. The molecule has 96 valence electrons. The van der Waals surface area contributed by atoms with Crippen molar-refractivity contribution in [1.82, 2.24) is 15.0 Å². The summed E-state index contributed by atoms with van der Waals surface area (Å²) < 4.78 is 0. The van der Waals surface area contributed by atoms with Gasteiger partial charge in [0.05, 0.1) is 16.9 Å². The van der Waals surface area contributed by atoms with Crippen LogP contribution in [0.25, 0.3) is 0 Å². The third-order valence-electron chi connectivity index (χ3n) is 2.54. The van der Waals surface area contributed by atoms with E-state index < -0.39 is 0 Å². The van der Waals surface area contributed by atoms with Gasteiger partial charge in [0.2, 0.25) is 0 Å². The molecule has 2 N–H and O–H groups in total. The summed E-state index contributed by atoms with van der Waals surface area (Å²) in [7, 11) is 0. The first kappa shape index (κ1) is 14.4. The zero-order valence-electron chi connectivity index (χ0n) is 11.0. The number of halogens is 1. The molecule has 18 heavy (non-hydrogen) atoms. The van der Waals surface area contributed by atoms with Gasteiger partial charge in [0.1, 0.15) is 5.82 Å². The zero-order valence-corrected chi connectivity index (χ0v) is 11.8. The molecular weight excluding hydrogens is 248 g/mol. The van der Waals surface area contributed by atoms with Gasteiger partial charge < -0.3 is 5.73 Å². The Kier molecular flexibility index (Phi) is 5.04. The van der Waals surface area contributed by atoms with Crippen molar-refractivity contribution in [3.63, 3.8) is 0 Å². The fraction of sp³-hybridized carbons (Fsp3) is 0.308. The molecule has 0 bridgehead atoms. The topological polar surface area (TPSA) is 64.7 Å². The van der Waals surface area contributed by atoms with Crippen molar-refractivity contribution in [3.8, 4) is 0 Å². The van der Waals surface area contributed by atoms with E-state index in [1.807, 2.05) is 33.9 Å². The fourth-order valence-corrected chi connectivity index (χ4v) is 1.32. The number of hydrogen-bond acceptors (Lipinski definition) is 4. The van der Waals surface area contributed by atoms with Crippen molar-refractivity contribution < 1.29 is 0 Å². The Labute approximate surface area is 112 Å². The van der Waals surface area contributed by atoms with E-state index in [-0.39, 0.29) is 0 Å². The van der Waals surface area contributed by atoms with Crippen LogP contribution in [-0.4, -0.2) is 15.0 Å². The van der Waals surface area contributed by atoms with E-state index in [4.69, 9.17) is 17.3 Å². The van der Waals surface area contributed by atoms with Gasteiger partial charge in [0.25, 0.3) is 0 Å². The predicted octanol–water partition coefficient (Wildman–Crippen LogP) is 3.03. The van der Waals surface area contributed by atoms with E-state index in [1.165, 1.54) is 0 Å². The summed E-state index contributed by atoms with van der Waals surface area (Å²) in [4.78, 5) is 12.0. The lowest BCUT2D eigenvalue weighted by atomic mass is 10.3. The van der Waals surface area contributed by atoms with Crippen LogP contribution in [0.5, 0.6) is 0 Å². The molecule has 2 aromatic heterocycles. The molecule has 4 nitrogen and oxygen atoms in total. The summed E-state index contributed by atoms with van der Waals surface area (Å²) in [6.07, 6.45) is 5.01. The van der Waals surface area contributed by atoms with Gasteiger partial charge in [-0.15, -0.1) is 0 Å². The van der Waals surface area contributed by atoms with Crippen LogP contribution in [0.4, 0.5) is 5.69 Å². The maximum atomic E-state index is 5.67. The lowest BCUT2D eigenvalue weighted by Gasteiger charge is -1.97. The molecule has 0 fully saturated rings. The standard InChI is InChI=1S/C7H10N2.C6H7ClN2/c1-5-4-8-7(3)9-6(5)2;1-4-5(7)2-9-3-6(4)8/h4H,1-3H3;2-3H,8H2,1H3. The number of aryl methyl sites for hydroxylation is 3. The monoisotopic (exact) mass is 264 g/mol. The second-order valence-corrected chi connectivity index (χ2v) is 4.43. The SMILES string of the molecule is Cc1c(N)cncc1Cl.Cc1ncc(C)c(C)n1. The largest absolute Gasteiger partial charge is 0.397 e. The third kappa shape index (κ3) is 3.96. The highest BCUT2D eigenvalue weighted by molar-refractivity contribution is 6.31. The number of nitrogens with two attached hydrogens (primary N) is 1. The minimum Gasteiger partial charge on any atom is -0.397 e. The normalized spacial score (nSPS) is 9.61. The van der Waals surface area contributed by atoms with E-state index in [0.717, 1.165) is 22.6 Å². The summed E-state index contributed by atoms with van der Waals surface area (Å²) >= 11 is 5.67. The van der Waals surface area contributed by atoms with Gasteiger partial charge in [0, 0.05) is 18.1 Å². The molecule has 0 saturated heterocycles. The molecule has 2 aromatic rings. The highest BCUT2D eigenvalue weighted by Gasteiger charge is 1.96. The molecule has 0 aromatic carbocycles. The molecule has 0 amide bonds. The summed E-state index contributed by atoms with van der Waals surface area (Å²) in [5.74, 6) is 0.845. The number of nitrogens with zero attached hydrogens (tertiary/aromatic N) is 3. The van der Waals surface area contributed by atoms with Crippen LogP contribution in [0.3, 0.4) is 0 Å². The lowest BCUT2D eigenvalue weighted by molar-refractivity contribution is 0.986. The molecule has 0 unspecified atom stereocenters. The Morgan fingerprint density at radius 1 is 1.06 bits per heavy atom. The molecule has 0 spiro atoms. The van der Waals surface area contributed by atoms with Crippen molar-refractivity contribution in [2.24, 2.45) is 0 Å². The Morgan fingerprint density at radius 3 is 2.17 bits per heavy atom. The number of hydrogen-bond donors (Lipinski definition) is 1. The molecular formula is C13H17ClN4. The molecule has 0 aliphatic carbocycles. The molecule has 2 heterocycles. The molecule has 0 saturated carbocycles. The maximum Gasteiger partial charge on any atom is 0.125 e. The van der Waals surface area contributed by atoms with Crippen molar-refractivity contribution >= 4 is 17.3 Å². The Hall–Kier alpha value is -1.68. The molecule has 0 radical (unpaired) electrons. The van der Waals surface area contributed by atoms with E-state index in [9.17, 15) is 0 Å². The summed E-state index contributed by atoms with van der Waals surface area (Å²) in [6, 6.07) is 0. The molecule has 0 aliphatic rings. The number of aromatic nitrogens is 3. The second kappa shape index (κ2) is 6.31. The van der Waals surface area contributed by atoms with Crippen LogP contribution >= 0.6 is 11.6 Å². The summed E-state index contributed by atoms with van der Waals surface area (Å²) in [5, 5.41) is 0.620. The van der Waals surface area contributed by atoms with Crippen LogP contribution in [0.15, 0.2) is 18.6 Å². The summed E-state index contributed by atoms with van der Waals surface area (Å²) in [6.45, 7) is 7.75. The Balaban J connectivity index is 0.000000180.